The Morgan fingerprint density at radius 2 is 0.846 bits per heavy atom. The van der Waals surface area contributed by atoms with E-state index in [2.05, 4.69) is 143 Å². The van der Waals surface area contributed by atoms with Crippen molar-refractivity contribution in [3.05, 3.63) is 133 Å². The van der Waals surface area contributed by atoms with Crippen LogP contribution in [0, 0.1) is 0 Å². The third-order valence-corrected chi connectivity index (χ3v) is 9.26. The minimum atomic E-state index is 1.17. The number of para-hydroxylation sites is 3. The molecule has 0 unspecified atom stereocenters. The topological polar surface area (TPSA) is 9.86 Å². The van der Waals surface area contributed by atoms with E-state index >= 15 is 0 Å². The lowest BCUT2D eigenvalue weighted by Gasteiger charge is -2.12. The van der Waals surface area contributed by atoms with Crippen LogP contribution in [0.3, 0.4) is 0 Å². The van der Waals surface area contributed by atoms with E-state index in [4.69, 9.17) is 0 Å². The average molecular weight is 515 g/mol. The second-order valence-corrected chi connectivity index (χ2v) is 11.3. The maximum Gasteiger partial charge on any atom is 0.0634 e. The van der Waals surface area contributed by atoms with E-state index in [0.29, 0.717) is 0 Å². The molecule has 0 aliphatic rings. The molecule has 0 bridgehead atoms. The summed E-state index contributed by atoms with van der Waals surface area (Å²) in [6.45, 7) is 0. The quantitative estimate of drug-likeness (QED) is 0.217. The minimum absolute atomic E-state index is 1.17. The second-order valence-electron chi connectivity index (χ2n) is 10.2. The molecule has 0 amide bonds. The van der Waals surface area contributed by atoms with Crippen LogP contribution in [0.25, 0.3) is 75.2 Å². The highest BCUT2D eigenvalue weighted by atomic mass is 32.1. The number of thiophene rings is 1. The van der Waals surface area contributed by atoms with E-state index in [9.17, 15) is 0 Å². The SMILES string of the molecule is c1ccc2c(c1)sc1ccc3c4ccccc4n(-c4ccc(-n5c6ccccc6c6ccccc65)cc4)c3c12. The normalized spacial score (nSPS) is 12.1. The van der Waals surface area contributed by atoms with Crippen LogP contribution in [-0.2, 0) is 0 Å². The number of aromatic nitrogens is 2. The van der Waals surface area contributed by atoms with Crippen molar-refractivity contribution < 1.29 is 0 Å². The lowest BCUT2D eigenvalue weighted by molar-refractivity contribution is 1.15. The molecule has 9 rings (SSSR count). The molecule has 0 spiro atoms. The van der Waals surface area contributed by atoms with Gasteiger partial charge in [0.05, 0.1) is 22.1 Å². The third-order valence-electron chi connectivity index (χ3n) is 8.12. The first-order chi connectivity index (χ1) is 19.4. The molecule has 0 saturated heterocycles. The summed E-state index contributed by atoms with van der Waals surface area (Å²) in [7, 11) is 0. The molecular weight excluding hydrogens is 492 g/mol. The van der Waals surface area contributed by atoms with Gasteiger partial charge in [-0.3, -0.25) is 0 Å². The van der Waals surface area contributed by atoms with Gasteiger partial charge in [0.1, 0.15) is 0 Å². The minimum Gasteiger partial charge on any atom is -0.309 e. The molecule has 39 heavy (non-hydrogen) atoms. The predicted octanol–water partition coefficient (Wildman–Crippen LogP) is 10.2. The Balaban J connectivity index is 1.34. The van der Waals surface area contributed by atoms with Gasteiger partial charge in [0.15, 0.2) is 0 Å². The molecule has 0 radical (unpaired) electrons. The Hall–Kier alpha value is -4.86. The highest BCUT2D eigenvalue weighted by molar-refractivity contribution is 7.26. The Kier molecular flexibility index (Phi) is 4.24. The zero-order valence-electron chi connectivity index (χ0n) is 21.0. The molecule has 0 fully saturated rings. The van der Waals surface area contributed by atoms with Crippen molar-refractivity contribution in [1.29, 1.82) is 0 Å². The van der Waals surface area contributed by atoms with Gasteiger partial charge in [0.2, 0.25) is 0 Å². The Labute approximate surface area is 228 Å². The smallest absolute Gasteiger partial charge is 0.0634 e. The van der Waals surface area contributed by atoms with Crippen LogP contribution in [-0.4, -0.2) is 9.13 Å². The van der Waals surface area contributed by atoms with Crippen LogP contribution in [0.2, 0.25) is 0 Å². The monoisotopic (exact) mass is 514 g/mol. The lowest BCUT2D eigenvalue weighted by Crippen LogP contribution is -1.97. The number of rotatable bonds is 2. The molecule has 3 heteroatoms. The van der Waals surface area contributed by atoms with E-state index in [1.165, 1.54) is 75.2 Å². The molecule has 2 nitrogen and oxygen atoms in total. The standard InChI is InChI=1S/C36H22N2S/c1-5-13-30-25(9-1)26-10-2-6-14-31(26)37(30)23-17-19-24(20-18-23)38-32-15-7-3-11-27(32)28-21-22-34-35(36(28)38)29-12-4-8-16-33(29)39-34/h1-22H. The summed E-state index contributed by atoms with van der Waals surface area (Å²) in [5, 5.41) is 7.83. The molecule has 0 atom stereocenters. The zero-order valence-corrected chi connectivity index (χ0v) is 21.8. The van der Waals surface area contributed by atoms with Gasteiger partial charge in [-0.2, -0.15) is 0 Å². The van der Waals surface area contributed by atoms with Crippen LogP contribution in [0.15, 0.2) is 133 Å². The van der Waals surface area contributed by atoms with Crippen LogP contribution < -0.4 is 0 Å². The molecule has 3 aromatic heterocycles. The fourth-order valence-electron chi connectivity index (χ4n) is 6.48. The van der Waals surface area contributed by atoms with E-state index in [-0.39, 0.29) is 0 Å². The Morgan fingerprint density at radius 1 is 0.359 bits per heavy atom. The van der Waals surface area contributed by atoms with Gasteiger partial charge in [0, 0.05) is 53.1 Å². The first-order valence-electron chi connectivity index (χ1n) is 13.3. The Bertz CT molecular complexity index is 2330. The summed E-state index contributed by atoms with van der Waals surface area (Å²) in [5.74, 6) is 0. The zero-order chi connectivity index (χ0) is 25.5. The summed E-state index contributed by atoms with van der Waals surface area (Å²) in [4.78, 5) is 0. The molecule has 0 saturated carbocycles. The molecule has 3 heterocycles. The predicted molar refractivity (Wildman–Crippen MR) is 168 cm³/mol. The summed E-state index contributed by atoms with van der Waals surface area (Å²) in [5.41, 5.74) is 7.33. The number of benzene rings is 6. The average Bonchev–Trinajstić information content (AvgIpc) is 3.65. The third kappa shape index (κ3) is 2.85. The summed E-state index contributed by atoms with van der Waals surface area (Å²) < 4.78 is 7.50. The first-order valence-corrected chi connectivity index (χ1v) is 14.1. The number of fused-ring (bicyclic) bond motifs is 10. The van der Waals surface area contributed by atoms with Crippen LogP contribution in [0.5, 0.6) is 0 Å². The highest BCUT2D eigenvalue weighted by Gasteiger charge is 2.18. The van der Waals surface area contributed by atoms with Gasteiger partial charge in [-0.15, -0.1) is 11.3 Å². The molecule has 0 aliphatic carbocycles. The van der Waals surface area contributed by atoms with Gasteiger partial charge in [-0.05, 0) is 54.6 Å². The van der Waals surface area contributed by atoms with Crippen LogP contribution in [0.4, 0.5) is 0 Å². The van der Waals surface area contributed by atoms with Gasteiger partial charge in [0.25, 0.3) is 0 Å². The second kappa shape index (κ2) is 7.83. The maximum absolute atomic E-state index is 2.46. The number of hydrogen-bond donors (Lipinski definition) is 0. The molecule has 0 aliphatic heterocycles. The van der Waals surface area contributed by atoms with Crippen molar-refractivity contribution in [2.24, 2.45) is 0 Å². The molecule has 0 N–H and O–H groups in total. The van der Waals surface area contributed by atoms with Crippen molar-refractivity contribution in [3.8, 4) is 11.4 Å². The van der Waals surface area contributed by atoms with Crippen molar-refractivity contribution in [3.63, 3.8) is 0 Å². The highest BCUT2D eigenvalue weighted by Crippen LogP contribution is 2.43. The first kappa shape index (κ1) is 21.1. The van der Waals surface area contributed by atoms with Crippen molar-refractivity contribution in [2.45, 2.75) is 0 Å². The maximum atomic E-state index is 2.46. The van der Waals surface area contributed by atoms with E-state index in [1.807, 2.05) is 11.3 Å². The molecule has 9 aromatic rings. The van der Waals surface area contributed by atoms with E-state index < -0.39 is 0 Å². The molecule has 182 valence electrons. The van der Waals surface area contributed by atoms with E-state index in [1.54, 1.807) is 0 Å². The van der Waals surface area contributed by atoms with Gasteiger partial charge in [-0.1, -0.05) is 78.9 Å². The van der Waals surface area contributed by atoms with Crippen molar-refractivity contribution >= 4 is 75.1 Å². The summed E-state index contributed by atoms with van der Waals surface area (Å²) >= 11 is 1.88. The largest absolute Gasteiger partial charge is 0.309 e. The number of nitrogens with zero attached hydrogens (tertiary/aromatic N) is 2. The van der Waals surface area contributed by atoms with Crippen LogP contribution in [0.1, 0.15) is 0 Å². The number of hydrogen-bond acceptors (Lipinski definition) is 1. The molecular formula is C36H22N2S. The molecule has 6 aromatic carbocycles. The Morgan fingerprint density at radius 3 is 1.49 bits per heavy atom. The van der Waals surface area contributed by atoms with E-state index in [0.717, 1.165) is 0 Å². The van der Waals surface area contributed by atoms with Crippen molar-refractivity contribution in [1.82, 2.24) is 9.13 Å². The van der Waals surface area contributed by atoms with Gasteiger partial charge >= 0.3 is 0 Å². The van der Waals surface area contributed by atoms with Crippen molar-refractivity contribution in [2.75, 3.05) is 0 Å². The fraction of sp³-hybridized carbons (Fsp3) is 0. The van der Waals surface area contributed by atoms with Gasteiger partial charge in [-0.25, -0.2) is 0 Å². The van der Waals surface area contributed by atoms with Crippen LogP contribution >= 0.6 is 11.3 Å². The fourth-order valence-corrected chi connectivity index (χ4v) is 7.59. The summed E-state index contributed by atoms with van der Waals surface area (Å²) in [6, 6.07) is 48.6. The van der Waals surface area contributed by atoms with Gasteiger partial charge < -0.3 is 9.13 Å². The lowest BCUT2D eigenvalue weighted by atomic mass is 10.1. The summed E-state index contributed by atoms with van der Waals surface area (Å²) in [6.07, 6.45) is 0.